The number of nitrogens with zero attached hydrogens (tertiary/aromatic N) is 2. The van der Waals surface area contributed by atoms with Crippen LogP contribution in [0.5, 0.6) is 0 Å². The third-order valence-electron chi connectivity index (χ3n) is 3.05. The average molecular weight is 307 g/mol. The topological polar surface area (TPSA) is 79.4 Å². The van der Waals surface area contributed by atoms with Crippen LogP contribution >= 0.6 is 11.3 Å². The standard InChI is InChI=1S/C10H14FN3O3S2/c1-7-9(18-6-12-7)10(15)13-8-2-4-14(5-3-8)19(11,16)17/h6,8H,2-5H2,1H3,(H,13,15). The maximum absolute atomic E-state index is 12.7. The predicted molar refractivity (Wildman–Crippen MR) is 68.9 cm³/mol. The molecule has 1 amide bonds. The normalized spacial score (nSPS) is 18.4. The highest BCUT2D eigenvalue weighted by molar-refractivity contribution is 7.83. The highest BCUT2D eigenvalue weighted by Gasteiger charge is 2.28. The number of nitrogens with one attached hydrogen (secondary N) is 1. The Bertz CT molecular complexity index is 564. The first kappa shape index (κ1) is 14.4. The molecule has 1 aromatic rings. The quantitative estimate of drug-likeness (QED) is 0.840. The largest absolute Gasteiger partial charge is 0.374 e. The van der Waals surface area contributed by atoms with Gasteiger partial charge in [0.05, 0.1) is 11.2 Å². The van der Waals surface area contributed by atoms with Crippen molar-refractivity contribution in [3.63, 3.8) is 0 Å². The number of hydrogen-bond acceptors (Lipinski definition) is 5. The summed E-state index contributed by atoms with van der Waals surface area (Å²) in [6.07, 6.45) is 0.819. The zero-order valence-electron chi connectivity index (χ0n) is 10.3. The summed E-state index contributed by atoms with van der Waals surface area (Å²) in [4.78, 5) is 16.5. The van der Waals surface area contributed by atoms with Crippen molar-refractivity contribution in [3.8, 4) is 0 Å². The van der Waals surface area contributed by atoms with E-state index < -0.39 is 10.4 Å². The SMILES string of the molecule is Cc1ncsc1C(=O)NC1CCN(S(=O)(=O)F)CC1. The fourth-order valence-corrected chi connectivity index (χ4v) is 3.34. The maximum atomic E-state index is 12.7. The molecule has 9 heteroatoms. The molecular formula is C10H14FN3O3S2. The summed E-state index contributed by atoms with van der Waals surface area (Å²) in [7, 11) is -4.62. The molecule has 0 aromatic carbocycles. The van der Waals surface area contributed by atoms with Crippen LogP contribution in [0.1, 0.15) is 28.2 Å². The van der Waals surface area contributed by atoms with Gasteiger partial charge in [-0.1, -0.05) is 3.89 Å². The van der Waals surface area contributed by atoms with E-state index in [1.54, 1.807) is 12.4 Å². The summed E-state index contributed by atoms with van der Waals surface area (Å²) in [6, 6.07) is -0.132. The molecule has 1 N–H and O–H groups in total. The van der Waals surface area contributed by atoms with Crippen LogP contribution in [0.4, 0.5) is 3.89 Å². The number of aromatic nitrogens is 1. The molecule has 0 aliphatic carbocycles. The Balaban J connectivity index is 1.90. The van der Waals surface area contributed by atoms with Crippen LogP contribution in [0.2, 0.25) is 0 Å². The van der Waals surface area contributed by atoms with E-state index in [2.05, 4.69) is 10.3 Å². The van der Waals surface area contributed by atoms with E-state index >= 15 is 0 Å². The minimum atomic E-state index is -4.62. The van der Waals surface area contributed by atoms with E-state index in [0.717, 1.165) is 4.31 Å². The van der Waals surface area contributed by atoms with Gasteiger partial charge >= 0.3 is 10.4 Å². The molecule has 0 spiro atoms. The Hall–Kier alpha value is -1.06. The number of halogens is 1. The fraction of sp³-hybridized carbons (Fsp3) is 0.600. The van der Waals surface area contributed by atoms with Crippen LogP contribution in [0, 0.1) is 6.92 Å². The van der Waals surface area contributed by atoms with Gasteiger partial charge in [0.1, 0.15) is 4.88 Å². The molecule has 2 rings (SSSR count). The number of hydrogen-bond donors (Lipinski definition) is 1. The third kappa shape index (κ3) is 3.48. The van der Waals surface area contributed by atoms with Gasteiger partial charge in [-0.2, -0.15) is 12.7 Å². The summed E-state index contributed by atoms with van der Waals surface area (Å²) in [6.45, 7) is 1.93. The van der Waals surface area contributed by atoms with E-state index in [1.807, 2.05) is 0 Å². The molecule has 0 atom stereocenters. The van der Waals surface area contributed by atoms with Gasteiger partial charge in [0, 0.05) is 19.1 Å². The van der Waals surface area contributed by atoms with Crippen molar-refractivity contribution in [1.82, 2.24) is 14.6 Å². The molecule has 106 valence electrons. The van der Waals surface area contributed by atoms with Gasteiger partial charge in [-0.3, -0.25) is 4.79 Å². The van der Waals surface area contributed by atoms with Crippen LogP contribution in [-0.4, -0.2) is 42.7 Å². The lowest BCUT2D eigenvalue weighted by Crippen LogP contribution is -2.45. The van der Waals surface area contributed by atoms with Crippen molar-refractivity contribution in [2.24, 2.45) is 0 Å². The zero-order valence-corrected chi connectivity index (χ0v) is 11.9. The number of aryl methyl sites for hydroxylation is 1. The van der Waals surface area contributed by atoms with E-state index in [9.17, 15) is 17.1 Å². The molecule has 1 saturated heterocycles. The first-order valence-corrected chi connectivity index (χ1v) is 8.00. The highest BCUT2D eigenvalue weighted by Crippen LogP contribution is 2.17. The van der Waals surface area contributed by atoms with Gasteiger partial charge in [0.25, 0.3) is 5.91 Å². The van der Waals surface area contributed by atoms with Gasteiger partial charge in [0.2, 0.25) is 0 Å². The fourth-order valence-electron chi connectivity index (χ4n) is 1.99. The summed E-state index contributed by atoms with van der Waals surface area (Å²) in [5.41, 5.74) is 2.27. The van der Waals surface area contributed by atoms with E-state index in [4.69, 9.17) is 0 Å². The van der Waals surface area contributed by atoms with Crippen molar-refractivity contribution in [3.05, 3.63) is 16.1 Å². The van der Waals surface area contributed by atoms with Crippen LogP contribution in [0.3, 0.4) is 0 Å². The Morgan fingerprint density at radius 2 is 2.16 bits per heavy atom. The van der Waals surface area contributed by atoms with Crippen molar-refractivity contribution in [2.75, 3.05) is 13.1 Å². The molecule has 0 saturated carbocycles. The van der Waals surface area contributed by atoms with Gasteiger partial charge < -0.3 is 5.32 Å². The minimum Gasteiger partial charge on any atom is -0.348 e. The number of piperidine rings is 1. The van der Waals surface area contributed by atoms with Crippen molar-refractivity contribution < 1.29 is 17.1 Å². The first-order chi connectivity index (χ1) is 8.88. The minimum absolute atomic E-state index is 0.0887. The van der Waals surface area contributed by atoms with Crippen molar-refractivity contribution in [1.29, 1.82) is 0 Å². The lowest BCUT2D eigenvalue weighted by Gasteiger charge is -2.29. The predicted octanol–water partition coefficient (Wildman–Crippen LogP) is 0.860. The Morgan fingerprint density at radius 3 is 2.63 bits per heavy atom. The zero-order chi connectivity index (χ0) is 14.0. The second-order valence-electron chi connectivity index (χ2n) is 4.36. The van der Waals surface area contributed by atoms with Crippen LogP contribution < -0.4 is 5.32 Å². The molecule has 0 bridgehead atoms. The second-order valence-corrected chi connectivity index (χ2v) is 6.55. The van der Waals surface area contributed by atoms with Gasteiger partial charge in [0.15, 0.2) is 0 Å². The molecule has 1 aliphatic heterocycles. The molecule has 1 aliphatic rings. The Morgan fingerprint density at radius 1 is 1.53 bits per heavy atom. The van der Waals surface area contributed by atoms with Crippen molar-refractivity contribution in [2.45, 2.75) is 25.8 Å². The molecule has 0 radical (unpaired) electrons. The molecule has 6 nitrogen and oxygen atoms in total. The van der Waals surface area contributed by atoms with E-state index in [0.29, 0.717) is 23.4 Å². The molecule has 0 unspecified atom stereocenters. The average Bonchev–Trinajstić information content (AvgIpc) is 2.75. The molecule has 19 heavy (non-hydrogen) atoms. The van der Waals surface area contributed by atoms with E-state index in [1.165, 1.54) is 11.3 Å². The highest BCUT2D eigenvalue weighted by atomic mass is 32.3. The molecule has 2 heterocycles. The lowest BCUT2D eigenvalue weighted by atomic mass is 10.1. The maximum Gasteiger partial charge on any atom is 0.374 e. The van der Waals surface area contributed by atoms with Crippen LogP contribution in [0.25, 0.3) is 0 Å². The summed E-state index contributed by atoms with van der Waals surface area (Å²) < 4.78 is 35.0. The summed E-state index contributed by atoms with van der Waals surface area (Å²) >= 11 is 1.26. The summed E-state index contributed by atoms with van der Waals surface area (Å²) in [5.74, 6) is -0.207. The number of thiazole rings is 1. The monoisotopic (exact) mass is 307 g/mol. The Kier molecular flexibility index (Phi) is 4.16. The van der Waals surface area contributed by atoms with Crippen LogP contribution in [-0.2, 0) is 10.4 Å². The second kappa shape index (κ2) is 5.51. The molecular weight excluding hydrogens is 293 g/mol. The van der Waals surface area contributed by atoms with Crippen LogP contribution in [0.15, 0.2) is 5.51 Å². The first-order valence-electron chi connectivity index (χ1n) is 5.78. The smallest absolute Gasteiger partial charge is 0.348 e. The lowest BCUT2D eigenvalue weighted by molar-refractivity contribution is 0.0927. The van der Waals surface area contributed by atoms with Gasteiger partial charge in [-0.25, -0.2) is 4.98 Å². The number of carbonyl (C=O) groups is 1. The number of amides is 1. The third-order valence-corrected chi connectivity index (χ3v) is 4.96. The summed E-state index contributed by atoms with van der Waals surface area (Å²) in [5, 5.41) is 2.82. The molecule has 1 aromatic heterocycles. The molecule has 1 fully saturated rings. The number of carbonyl (C=O) groups excluding carboxylic acids is 1. The van der Waals surface area contributed by atoms with Crippen molar-refractivity contribution >= 4 is 27.7 Å². The van der Waals surface area contributed by atoms with Gasteiger partial charge in [-0.15, -0.1) is 11.3 Å². The van der Waals surface area contributed by atoms with Gasteiger partial charge in [-0.05, 0) is 19.8 Å². The Labute approximate surface area is 115 Å². The number of rotatable bonds is 3. The van der Waals surface area contributed by atoms with E-state index in [-0.39, 0.29) is 25.0 Å².